The Morgan fingerprint density at radius 1 is 1.31 bits per heavy atom. The molecule has 0 amide bonds. The van der Waals surface area contributed by atoms with Gasteiger partial charge in [-0.2, -0.15) is 0 Å². The van der Waals surface area contributed by atoms with Crippen LogP contribution >= 0.6 is 22.7 Å². The van der Waals surface area contributed by atoms with Gasteiger partial charge in [-0.3, -0.25) is 0 Å². The van der Waals surface area contributed by atoms with Crippen molar-refractivity contribution in [3.63, 3.8) is 0 Å². The van der Waals surface area contributed by atoms with Crippen molar-refractivity contribution >= 4 is 22.7 Å². The van der Waals surface area contributed by atoms with Crippen LogP contribution in [0.1, 0.15) is 38.3 Å². The molecule has 2 heterocycles. The Labute approximate surface area is 104 Å². The minimum atomic E-state index is -0.0531. The first-order valence-corrected chi connectivity index (χ1v) is 7.03. The first kappa shape index (κ1) is 11.8. The SMILES string of the molecule is CCc1nc(C(N)c2ccc(C)s2)sc1C. The molecular formula is C12H16N2S2. The van der Waals surface area contributed by atoms with E-state index in [0.29, 0.717) is 0 Å². The van der Waals surface area contributed by atoms with Crippen LogP contribution in [0, 0.1) is 13.8 Å². The Kier molecular flexibility index (Phi) is 3.42. The van der Waals surface area contributed by atoms with E-state index in [1.807, 2.05) is 0 Å². The van der Waals surface area contributed by atoms with E-state index in [2.05, 4.69) is 37.9 Å². The third-order valence-corrected chi connectivity index (χ3v) is 4.76. The molecule has 4 heteroatoms. The van der Waals surface area contributed by atoms with Crippen LogP contribution in [0.4, 0.5) is 0 Å². The maximum absolute atomic E-state index is 6.22. The highest BCUT2D eigenvalue weighted by atomic mass is 32.1. The topological polar surface area (TPSA) is 38.9 Å². The molecule has 0 aliphatic rings. The lowest BCUT2D eigenvalue weighted by Crippen LogP contribution is -2.09. The summed E-state index contributed by atoms with van der Waals surface area (Å²) in [5.41, 5.74) is 7.41. The Hall–Kier alpha value is -0.710. The van der Waals surface area contributed by atoms with Gasteiger partial charge in [-0.05, 0) is 32.4 Å². The van der Waals surface area contributed by atoms with Crippen molar-refractivity contribution in [2.24, 2.45) is 5.73 Å². The van der Waals surface area contributed by atoms with Crippen LogP contribution in [-0.2, 0) is 6.42 Å². The predicted octanol–water partition coefficient (Wildman–Crippen LogP) is 3.43. The van der Waals surface area contributed by atoms with Crippen LogP contribution < -0.4 is 5.73 Å². The molecule has 16 heavy (non-hydrogen) atoms. The molecule has 2 rings (SSSR count). The van der Waals surface area contributed by atoms with Crippen LogP contribution in [0.2, 0.25) is 0 Å². The standard InChI is InChI=1S/C12H16N2S2/c1-4-9-8(3)16-12(14-9)11(13)10-6-5-7(2)15-10/h5-6,11H,4,13H2,1-3H3. The molecule has 86 valence electrons. The smallest absolute Gasteiger partial charge is 0.115 e. The maximum Gasteiger partial charge on any atom is 0.115 e. The highest BCUT2D eigenvalue weighted by molar-refractivity contribution is 7.13. The second-order valence-corrected chi connectivity index (χ2v) is 6.39. The van der Waals surface area contributed by atoms with Crippen LogP contribution in [0.3, 0.4) is 0 Å². The summed E-state index contributed by atoms with van der Waals surface area (Å²) in [6.07, 6.45) is 0.985. The molecular weight excluding hydrogens is 236 g/mol. The summed E-state index contributed by atoms with van der Waals surface area (Å²) in [6.45, 7) is 6.35. The number of nitrogens with zero attached hydrogens (tertiary/aromatic N) is 1. The van der Waals surface area contributed by atoms with E-state index >= 15 is 0 Å². The Morgan fingerprint density at radius 2 is 2.06 bits per heavy atom. The highest BCUT2D eigenvalue weighted by Crippen LogP contribution is 2.30. The average Bonchev–Trinajstić information content (AvgIpc) is 2.83. The lowest BCUT2D eigenvalue weighted by molar-refractivity contribution is 0.862. The van der Waals surface area contributed by atoms with Gasteiger partial charge in [0.1, 0.15) is 5.01 Å². The van der Waals surface area contributed by atoms with Gasteiger partial charge in [-0.25, -0.2) is 4.98 Å². The molecule has 0 fully saturated rings. The van der Waals surface area contributed by atoms with Crippen molar-refractivity contribution in [1.82, 2.24) is 4.98 Å². The van der Waals surface area contributed by atoms with E-state index in [0.717, 1.165) is 11.4 Å². The molecule has 0 saturated heterocycles. The minimum Gasteiger partial charge on any atom is -0.318 e. The second-order valence-electron chi connectivity index (χ2n) is 3.83. The molecule has 2 nitrogen and oxygen atoms in total. The second kappa shape index (κ2) is 4.65. The summed E-state index contributed by atoms with van der Waals surface area (Å²) < 4.78 is 0. The number of rotatable bonds is 3. The van der Waals surface area contributed by atoms with Crippen LogP contribution in [0.25, 0.3) is 0 Å². The zero-order valence-corrected chi connectivity index (χ0v) is 11.4. The number of hydrogen-bond acceptors (Lipinski definition) is 4. The van der Waals surface area contributed by atoms with E-state index in [4.69, 9.17) is 5.73 Å². The van der Waals surface area contributed by atoms with Crippen molar-refractivity contribution in [3.05, 3.63) is 37.5 Å². The summed E-state index contributed by atoms with van der Waals surface area (Å²) in [4.78, 5) is 8.41. The van der Waals surface area contributed by atoms with Crippen molar-refractivity contribution < 1.29 is 0 Å². The van der Waals surface area contributed by atoms with E-state index < -0.39 is 0 Å². The van der Waals surface area contributed by atoms with E-state index in [1.54, 1.807) is 22.7 Å². The van der Waals surface area contributed by atoms with Crippen molar-refractivity contribution in [1.29, 1.82) is 0 Å². The molecule has 0 spiro atoms. The Balaban J connectivity index is 2.30. The first-order chi connectivity index (χ1) is 7.61. The Morgan fingerprint density at radius 3 is 2.56 bits per heavy atom. The van der Waals surface area contributed by atoms with Gasteiger partial charge in [0.15, 0.2) is 0 Å². The monoisotopic (exact) mass is 252 g/mol. The Bertz CT molecular complexity index is 485. The summed E-state index contributed by atoms with van der Waals surface area (Å²) >= 11 is 3.48. The number of thiazole rings is 1. The quantitative estimate of drug-likeness (QED) is 0.909. The fourth-order valence-electron chi connectivity index (χ4n) is 1.65. The van der Waals surface area contributed by atoms with Gasteiger partial charge in [-0.1, -0.05) is 6.92 Å². The lowest BCUT2D eigenvalue weighted by atomic mass is 10.2. The van der Waals surface area contributed by atoms with Gasteiger partial charge in [0.05, 0.1) is 11.7 Å². The molecule has 1 unspecified atom stereocenters. The average molecular weight is 252 g/mol. The fraction of sp³-hybridized carbons (Fsp3) is 0.417. The highest BCUT2D eigenvalue weighted by Gasteiger charge is 2.16. The fourth-order valence-corrected chi connectivity index (χ4v) is 3.64. The maximum atomic E-state index is 6.22. The summed E-state index contributed by atoms with van der Waals surface area (Å²) in [6, 6.07) is 4.16. The van der Waals surface area contributed by atoms with E-state index in [1.165, 1.54) is 20.3 Å². The van der Waals surface area contributed by atoms with Crippen LogP contribution in [0.5, 0.6) is 0 Å². The largest absolute Gasteiger partial charge is 0.318 e. The number of nitrogens with two attached hydrogens (primary N) is 1. The number of aryl methyl sites for hydroxylation is 3. The summed E-state index contributed by atoms with van der Waals surface area (Å²) in [5, 5.41) is 1.04. The molecule has 2 N–H and O–H groups in total. The van der Waals surface area contributed by atoms with E-state index in [9.17, 15) is 0 Å². The molecule has 2 aromatic heterocycles. The van der Waals surface area contributed by atoms with Gasteiger partial charge < -0.3 is 5.73 Å². The zero-order chi connectivity index (χ0) is 11.7. The van der Waals surface area contributed by atoms with Gasteiger partial charge in [0.2, 0.25) is 0 Å². The number of thiophene rings is 1. The summed E-state index contributed by atoms with van der Waals surface area (Å²) in [5.74, 6) is 0. The van der Waals surface area contributed by atoms with Gasteiger partial charge in [-0.15, -0.1) is 22.7 Å². The zero-order valence-electron chi connectivity index (χ0n) is 9.78. The van der Waals surface area contributed by atoms with Crippen LogP contribution in [0.15, 0.2) is 12.1 Å². The van der Waals surface area contributed by atoms with Gasteiger partial charge >= 0.3 is 0 Å². The number of aromatic nitrogens is 1. The van der Waals surface area contributed by atoms with Crippen molar-refractivity contribution in [3.8, 4) is 0 Å². The molecule has 2 aromatic rings. The lowest BCUT2D eigenvalue weighted by Gasteiger charge is -2.04. The molecule has 0 aromatic carbocycles. The molecule has 0 aliphatic heterocycles. The van der Waals surface area contributed by atoms with Crippen LogP contribution in [-0.4, -0.2) is 4.98 Å². The number of hydrogen-bond donors (Lipinski definition) is 1. The summed E-state index contributed by atoms with van der Waals surface area (Å²) in [7, 11) is 0. The van der Waals surface area contributed by atoms with E-state index in [-0.39, 0.29) is 6.04 Å². The normalized spacial score (nSPS) is 13.0. The third-order valence-electron chi connectivity index (χ3n) is 2.58. The molecule has 1 atom stereocenters. The third kappa shape index (κ3) is 2.19. The first-order valence-electron chi connectivity index (χ1n) is 5.40. The van der Waals surface area contributed by atoms with Gasteiger partial charge in [0, 0.05) is 14.6 Å². The molecule has 0 saturated carbocycles. The predicted molar refractivity (Wildman–Crippen MR) is 71.3 cm³/mol. The minimum absolute atomic E-state index is 0.0531. The van der Waals surface area contributed by atoms with Crippen molar-refractivity contribution in [2.75, 3.05) is 0 Å². The molecule has 0 aliphatic carbocycles. The molecule has 0 radical (unpaired) electrons. The van der Waals surface area contributed by atoms with Gasteiger partial charge in [0.25, 0.3) is 0 Å². The molecule has 0 bridgehead atoms. The van der Waals surface area contributed by atoms with Crippen molar-refractivity contribution in [2.45, 2.75) is 33.2 Å².